The average Bonchev–Trinajstić information content (AvgIpc) is 3.21. The van der Waals surface area contributed by atoms with Crippen molar-refractivity contribution in [3.8, 4) is 11.5 Å². The second-order valence-electron chi connectivity index (χ2n) is 5.97. The summed E-state index contributed by atoms with van der Waals surface area (Å²) in [6, 6.07) is 13.3. The van der Waals surface area contributed by atoms with Gasteiger partial charge in [-0.2, -0.15) is 0 Å². The summed E-state index contributed by atoms with van der Waals surface area (Å²) in [6.07, 6.45) is 0. The summed E-state index contributed by atoms with van der Waals surface area (Å²) in [7, 11) is 0. The van der Waals surface area contributed by atoms with Crippen molar-refractivity contribution in [1.29, 1.82) is 0 Å². The quantitative estimate of drug-likeness (QED) is 0.741. The molecule has 0 saturated heterocycles. The summed E-state index contributed by atoms with van der Waals surface area (Å²) in [5.41, 5.74) is 2.40. The van der Waals surface area contributed by atoms with Gasteiger partial charge in [0, 0.05) is 5.56 Å². The van der Waals surface area contributed by atoms with E-state index in [0.29, 0.717) is 23.9 Å². The second-order valence-corrected chi connectivity index (χ2v) is 5.97. The molecule has 0 N–H and O–H groups in total. The van der Waals surface area contributed by atoms with Crippen LogP contribution in [0.4, 0.5) is 5.82 Å². The van der Waals surface area contributed by atoms with E-state index in [9.17, 15) is 4.79 Å². The van der Waals surface area contributed by atoms with Crippen LogP contribution in [0.3, 0.4) is 0 Å². The van der Waals surface area contributed by atoms with Crippen LogP contribution in [0.5, 0.6) is 0 Å². The average molecular weight is 320 g/mol. The van der Waals surface area contributed by atoms with Crippen LogP contribution < -0.4 is 4.90 Å². The summed E-state index contributed by atoms with van der Waals surface area (Å²) in [5.74, 6) is 1.17. The van der Waals surface area contributed by atoms with Gasteiger partial charge in [0.1, 0.15) is 11.5 Å². The fraction of sp³-hybridized carbons (Fsp3) is 0.235. The molecular formula is C17H16N6O. The molecule has 1 amide bonds. The Bertz CT molecular complexity index is 917. The third kappa shape index (κ3) is 2.25. The molecule has 4 rings (SSSR count). The minimum Gasteiger partial charge on any atom is -0.288 e. The third-order valence-corrected chi connectivity index (χ3v) is 4.04. The van der Waals surface area contributed by atoms with Gasteiger partial charge in [0.2, 0.25) is 5.82 Å². The number of benzene rings is 1. The first-order valence-electron chi connectivity index (χ1n) is 7.80. The van der Waals surface area contributed by atoms with Crippen molar-refractivity contribution in [3.63, 3.8) is 0 Å². The number of amides is 1. The van der Waals surface area contributed by atoms with Crippen molar-refractivity contribution in [1.82, 2.24) is 25.2 Å². The predicted octanol–water partition coefficient (Wildman–Crippen LogP) is 2.48. The number of nitrogens with zero attached hydrogens (tertiary/aromatic N) is 6. The molecule has 0 atom stereocenters. The molecule has 0 saturated carbocycles. The molecule has 0 radical (unpaired) electrons. The van der Waals surface area contributed by atoms with Crippen molar-refractivity contribution in [2.75, 3.05) is 4.90 Å². The fourth-order valence-electron chi connectivity index (χ4n) is 2.85. The number of pyridine rings is 1. The molecule has 3 aromatic rings. The summed E-state index contributed by atoms with van der Waals surface area (Å²) < 4.78 is 1.71. The largest absolute Gasteiger partial charge is 0.288 e. The topological polar surface area (TPSA) is 76.8 Å². The van der Waals surface area contributed by atoms with E-state index in [0.717, 1.165) is 11.1 Å². The Balaban J connectivity index is 1.72. The van der Waals surface area contributed by atoms with Crippen molar-refractivity contribution in [2.24, 2.45) is 0 Å². The molecule has 0 spiro atoms. The van der Waals surface area contributed by atoms with Gasteiger partial charge in [-0.15, -0.1) is 5.10 Å². The van der Waals surface area contributed by atoms with Gasteiger partial charge >= 0.3 is 0 Å². The van der Waals surface area contributed by atoms with E-state index in [-0.39, 0.29) is 11.9 Å². The number of aromatic nitrogens is 5. The first-order chi connectivity index (χ1) is 11.6. The van der Waals surface area contributed by atoms with Crippen LogP contribution in [0, 0.1) is 0 Å². The van der Waals surface area contributed by atoms with Crippen LogP contribution in [0.15, 0.2) is 42.5 Å². The molecule has 1 aliphatic rings. The maximum atomic E-state index is 12.6. The molecule has 1 aliphatic heterocycles. The third-order valence-electron chi connectivity index (χ3n) is 4.04. The van der Waals surface area contributed by atoms with Crippen LogP contribution in [0.2, 0.25) is 0 Å². The Hall–Kier alpha value is -3.09. The number of anilines is 1. The van der Waals surface area contributed by atoms with Crippen LogP contribution in [-0.4, -0.2) is 31.1 Å². The smallest absolute Gasteiger partial charge is 0.260 e. The van der Waals surface area contributed by atoms with Gasteiger partial charge in [-0.25, -0.2) is 9.67 Å². The predicted molar refractivity (Wildman–Crippen MR) is 88.4 cm³/mol. The number of tetrazole rings is 1. The maximum absolute atomic E-state index is 12.6. The van der Waals surface area contributed by atoms with Crippen molar-refractivity contribution < 1.29 is 4.79 Å². The number of hydrogen-bond acceptors (Lipinski definition) is 5. The van der Waals surface area contributed by atoms with E-state index in [1.807, 2.05) is 56.3 Å². The van der Waals surface area contributed by atoms with Gasteiger partial charge in [0.15, 0.2) is 0 Å². The van der Waals surface area contributed by atoms with Crippen molar-refractivity contribution >= 4 is 11.7 Å². The van der Waals surface area contributed by atoms with E-state index < -0.39 is 0 Å². The van der Waals surface area contributed by atoms with Crippen LogP contribution in [0.1, 0.15) is 35.8 Å². The molecule has 120 valence electrons. The number of fused-ring (bicyclic) bond motifs is 1. The van der Waals surface area contributed by atoms with Gasteiger partial charge in [-0.05, 0) is 48.0 Å². The Morgan fingerprint density at radius 1 is 1.08 bits per heavy atom. The first-order valence-corrected chi connectivity index (χ1v) is 7.80. The summed E-state index contributed by atoms with van der Waals surface area (Å²) in [5, 5.41) is 11.8. The van der Waals surface area contributed by atoms with Crippen molar-refractivity contribution in [3.05, 3.63) is 53.6 Å². The molecular weight excluding hydrogens is 304 g/mol. The lowest BCUT2D eigenvalue weighted by Crippen LogP contribution is -2.24. The number of rotatable bonds is 3. The zero-order valence-electron chi connectivity index (χ0n) is 13.4. The van der Waals surface area contributed by atoms with Gasteiger partial charge in [0.25, 0.3) is 5.91 Å². The normalized spacial score (nSPS) is 13.6. The zero-order chi connectivity index (χ0) is 16.7. The van der Waals surface area contributed by atoms with Crippen LogP contribution in [-0.2, 0) is 6.54 Å². The molecule has 0 bridgehead atoms. The highest BCUT2D eigenvalue weighted by molar-refractivity contribution is 6.09. The van der Waals surface area contributed by atoms with E-state index in [1.54, 1.807) is 9.58 Å². The Kier molecular flexibility index (Phi) is 3.34. The highest BCUT2D eigenvalue weighted by atomic mass is 16.2. The van der Waals surface area contributed by atoms with E-state index in [1.165, 1.54) is 0 Å². The molecule has 7 nitrogen and oxygen atoms in total. The highest BCUT2D eigenvalue weighted by Gasteiger charge is 2.29. The van der Waals surface area contributed by atoms with Crippen LogP contribution in [0.25, 0.3) is 11.5 Å². The number of carbonyl (C=O) groups excluding carboxylic acids is 1. The maximum Gasteiger partial charge on any atom is 0.260 e. The van der Waals surface area contributed by atoms with Crippen LogP contribution >= 0.6 is 0 Å². The summed E-state index contributed by atoms with van der Waals surface area (Å²) >= 11 is 0. The van der Waals surface area contributed by atoms with E-state index >= 15 is 0 Å². The van der Waals surface area contributed by atoms with E-state index in [2.05, 4.69) is 20.5 Å². The molecule has 7 heteroatoms. The Morgan fingerprint density at radius 2 is 1.92 bits per heavy atom. The zero-order valence-corrected chi connectivity index (χ0v) is 13.4. The fourth-order valence-corrected chi connectivity index (χ4v) is 2.85. The molecule has 24 heavy (non-hydrogen) atoms. The minimum atomic E-state index is -0.0290. The summed E-state index contributed by atoms with van der Waals surface area (Å²) in [6.45, 7) is 4.54. The van der Waals surface area contributed by atoms with Gasteiger partial charge in [0.05, 0.1) is 12.6 Å². The highest BCUT2D eigenvalue weighted by Crippen LogP contribution is 2.28. The van der Waals surface area contributed by atoms with Gasteiger partial charge in [-0.3, -0.25) is 9.69 Å². The van der Waals surface area contributed by atoms with Crippen molar-refractivity contribution in [2.45, 2.75) is 26.4 Å². The molecule has 0 fully saturated rings. The first kappa shape index (κ1) is 14.5. The monoisotopic (exact) mass is 320 g/mol. The molecule has 1 aromatic carbocycles. The SMILES string of the molecule is CC(C)n1nnnc1-c1cccc(N2Cc3ccccc3C2=O)n1. The number of hydrogen-bond donors (Lipinski definition) is 0. The molecule has 0 aliphatic carbocycles. The van der Waals surface area contributed by atoms with E-state index in [4.69, 9.17) is 0 Å². The Morgan fingerprint density at radius 3 is 2.71 bits per heavy atom. The lowest BCUT2D eigenvalue weighted by molar-refractivity contribution is 0.0996. The molecule has 2 aromatic heterocycles. The standard InChI is InChI=1S/C17H16N6O/c1-11(2)23-16(19-20-21-23)14-8-5-9-15(18-14)22-10-12-6-3-4-7-13(12)17(22)24/h3-9,11H,10H2,1-2H3. The molecule has 0 unspecified atom stereocenters. The molecule has 3 heterocycles. The number of carbonyl (C=O) groups is 1. The minimum absolute atomic E-state index is 0.0290. The van der Waals surface area contributed by atoms with Gasteiger partial charge in [-0.1, -0.05) is 24.3 Å². The van der Waals surface area contributed by atoms with Gasteiger partial charge < -0.3 is 0 Å². The lowest BCUT2D eigenvalue weighted by Gasteiger charge is -2.15. The lowest BCUT2D eigenvalue weighted by atomic mass is 10.1. The summed E-state index contributed by atoms with van der Waals surface area (Å²) in [4.78, 5) is 18.9. The Labute approximate surface area is 138 Å². The second kappa shape index (κ2) is 5.52.